The molecule has 0 heterocycles. The van der Waals surface area contributed by atoms with Crippen LogP contribution in [0.25, 0.3) is 0 Å². The van der Waals surface area contributed by atoms with Crippen LogP contribution in [0.15, 0.2) is 12.1 Å². The number of phenolic OH excluding ortho intramolecular Hbond substituents is 1. The zero-order chi connectivity index (χ0) is 11.6. The van der Waals surface area contributed by atoms with Crippen molar-refractivity contribution in [2.45, 2.75) is 13.8 Å². The number of nitrogens with one attached hydrogen (secondary N) is 1. The first-order valence-electron chi connectivity index (χ1n) is 4.41. The molecule has 1 aromatic rings. The van der Waals surface area contributed by atoms with Crippen molar-refractivity contribution in [3.05, 3.63) is 19.3 Å². The molecule has 1 rings (SSSR count). The second kappa shape index (κ2) is 5.33. The van der Waals surface area contributed by atoms with E-state index in [0.29, 0.717) is 5.69 Å². The average molecular weight is 431 g/mol. The summed E-state index contributed by atoms with van der Waals surface area (Å²) in [5, 5.41) is 12.5. The molecule has 0 saturated heterocycles. The highest BCUT2D eigenvalue weighted by molar-refractivity contribution is 14.1. The van der Waals surface area contributed by atoms with Gasteiger partial charge in [-0.15, -0.1) is 0 Å². The van der Waals surface area contributed by atoms with Crippen molar-refractivity contribution < 1.29 is 9.90 Å². The minimum atomic E-state index is -0.0960. The molecule has 2 N–H and O–H groups in total. The van der Waals surface area contributed by atoms with E-state index in [0.717, 1.165) is 7.14 Å². The minimum absolute atomic E-state index is 0.0951. The van der Waals surface area contributed by atoms with Gasteiger partial charge in [0.25, 0.3) is 0 Å². The summed E-state index contributed by atoms with van der Waals surface area (Å²) in [5.41, 5.74) is 0.471. The van der Waals surface area contributed by atoms with Crippen molar-refractivity contribution >= 4 is 56.8 Å². The summed E-state index contributed by atoms with van der Waals surface area (Å²) in [6, 6.07) is 3.57. The third-order valence-corrected chi connectivity index (χ3v) is 4.87. The van der Waals surface area contributed by atoms with Gasteiger partial charge in [-0.3, -0.25) is 4.79 Å². The molecular weight excluding hydrogens is 420 g/mol. The molecule has 0 aliphatic heterocycles. The van der Waals surface area contributed by atoms with Gasteiger partial charge in [-0.1, -0.05) is 13.8 Å². The van der Waals surface area contributed by atoms with Gasteiger partial charge < -0.3 is 10.4 Å². The molecule has 15 heavy (non-hydrogen) atoms. The number of phenols is 1. The number of anilines is 1. The van der Waals surface area contributed by atoms with Crippen LogP contribution in [-0.2, 0) is 4.79 Å². The lowest BCUT2D eigenvalue weighted by Crippen LogP contribution is -2.17. The van der Waals surface area contributed by atoms with Crippen molar-refractivity contribution in [2.24, 2.45) is 5.92 Å². The smallest absolute Gasteiger partial charge is 0.227 e. The lowest BCUT2D eigenvalue weighted by atomic mass is 10.2. The first-order chi connectivity index (χ1) is 6.93. The van der Waals surface area contributed by atoms with Crippen LogP contribution in [0.3, 0.4) is 0 Å². The normalized spacial score (nSPS) is 10.5. The molecule has 0 spiro atoms. The van der Waals surface area contributed by atoms with E-state index in [4.69, 9.17) is 0 Å². The topological polar surface area (TPSA) is 49.3 Å². The fourth-order valence-electron chi connectivity index (χ4n) is 0.918. The van der Waals surface area contributed by atoms with E-state index in [1.54, 1.807) is 6.07 Å². The molecule has 0 aliphatic rings. The van der Waals surface area contributed by atoms with Gasteiger partial charge in [-0.25, -0.2) is 0 Å². The SMILES string of the molecule is CC(C)C(=O)Nc1ccc(I)c(I)c1O. The van der Waals surface area contributed by atoms with E-state index in [9.17, 15) is 9.90 Å². The van der Waals surface area contributed by atoms with E-state index in [-0.39, 0.29) is 17.6 Å². The van der Waals surface area contributed by atoms with Crippen LogP contribution < -0.4 is 5.32 Å². The summed E-state index contributed by atoms with van der Waals surface area (Å²) in [5.74, 6) is -0.0554. The lowest BCUT2D eigenvalue weighted by molar-refractivity contribution is -0.118. The van der Waals surface area contributed by atoms with Crippen molar-refractivity contribution in [3.63, 3.8) is 0 Å². The second-order valence-corrected chi connectivity index (χ2v) is 5.64. The predicted octanol–water partition coefficient (Wildman–Crippen LogP) is 3.20. The first-order valence-corrected chi connectivity index (χ1v) is 6.57. The van der Waals surface area contributed by atoms with Crippen molar-refractivity contribution in [1.82, 2.24) is 0 Å². The quantitative estimate of drug-likeness (QED) is 0.559. The Morgan fingerprint density at radius 1 is 1.40 bits per heavy atom. The van der Waals surface area contributed by atoms with Crippen molar-refractivity contribution in [1.29, 1.82) is 0 Å². The number of benzene rings is 1. The van der Waals surface area contributed by atoms with Gasteiger partial charge >= 0.3 is 0 Å². The van der Waals surface area contributed by atoms with Gasteiger partial charge in [0, 0.05) is 9.49 Å². The monoisotopic (exact) mass is 431 g/mol. The Bertz CT molecular complexity index is 391. The maximum atomic E-state index is 11.4. The predicted molar refractivity (Wildman–Crippen MR) is 77.0 cm³/mol. The molecule has 5 heteroatoms. The number of hydrogen-bond acceptors (Lipinski definition) is 2. The summed E-state index contributed by atoms with van der Waals surface area (Å²) in [4.78, 5) is 11.4. The Hall–Kier alpha value is -0.0500. The molecule has 0 bridgehead atoms. The Morgan fingerprint density at radius 3 is 2.53 bits per heavy atom. The summed E-state index contributed by atoms with van der Waals surface area (Å²) in [6.45, 7) is 3.62. The van der Waals surface area contributed by atoms with Crippen LogP contribution in [0.5, 0.6) is 5.75 Å². The molecule has 0 atom stereocenters. The van der Waals surface area contributed by atoms with E-state index >= 15 is 0 Å². The number of carbonyl (C=O) groups is 1. The van der Waals surface area contributed by atoms with E-state index in [1.165, 1.54) is 0 Å². The fraction of sp³-hybridized carbons (Fsp3) is 0.300. The number of carbonyl (C=O) groups excluding carboxylic acids is 1. The maximum Gasteiger partial charge on any atom is 0.227 e. The summed E-state index contributed by atoms with van der Waals surface area (Å²) >= 11 is 4.18. The number of amides is 1. The van der Waals surface area contributed by atoms with Gasteiger partial charge in [-0.05, 0) is 57.3 Å². The highest BCUT2D eigenvalue weighted by Gasteiger charge is 2.13. The number of aromatic hydroxyl groups is 1. The van der Waals surface area contributed by atoms with Crippen LogP contribution in [0.2, 0.25) is 0 Å². The Morgan fingerprint density at radius 2 is 2.00 bits per heavy atom. The average Bonchev–Trinajstić information content (AvgIpc) is 2.18. The zero-order valence-electron chi connectivity index (χ0n) is 8.34. The van der Waals surface area contributed by atoms with Crippen LogP contribution in [-0.4, -0.2) is 11.0 Å². The molecule has 0 aliphatic carbocycles. The van der Waals surface area contributed by atoms with Crippen LogP contribution >= 0.6 is 45.2 Å². The van der Waals surface area contributed by atoms with E-state index < -0.39 is 0 Å². The lowest BCUT2D eigenvalue weighted by Gasteiger charge is -2.11. The molecule has 1 aromatic carbocycles. The van der Waals surface area contributed by atoms with E-state index in [2.05, 4.69) is 27.9 Å². The third kappa shape index (κ3) is 3.20. The highest BCUT2D eigenvalue weighted by atomic mass is 127. The zero-order valence-corrected chi connectivity index (χ0v) is 12.7. The summed E-state index contributed by atoms with van der Waals surface area (Å²) < 4.78 is 1.73. The molecule has 0 fully saturated rings. The summed E-state index contributed by atoms with van der Waals surface area (Å²) in [7, 11) is 0. The minimum Gasteiger partial charge on any atom is -0.505 e. The third-order valence-electron chi connectivity index (χ3n) is 1.85. The van der Waals surface area contributed by atoms with E-state index in [1.807, 2.05) is 42.5 Å². The van der Waals surface area contributed by atoms with Gasteiger partial charge in [-0.2, -0.15) is 0 Å². The second-order valence-electron chi connectivity index (χ2n) is 3.40. The van der Waals surface area contributed by atoms with Gasteiger partial charge in [0.2, 0.25) is 5.91 Å². The highest BCUT2D eigenvalue weighted by Crippen LogP contribution is 2.32. The molecule has 3 nitrogen and oxygen atoms in total. The molecule has 0 radical (unpaired) electrons. The number of rotatable bonds is 2. The Balaban J connectivity index is 2.97. The van der Waals surface area contributed by atoms with Gasteiger partial charge in [0.1, 0.15) is 0 Å². The number of hydrogen-bond donors (Lipinski definition) is 2. The molecule has 0 aromatic heterocycles. The summed E-state index contributed by atoms with van der Waals surface area (Å²) in [6.07, 6.45) is 0. The van der Waals surface area contributed by atoms with Gasteiger partial charge in [0.05, 0.1) is 9.26 Å². The standard InChI is InChI=1S/C10H11I2NO2/c1-5(2)10(15)13-7-4-3-6(11)8(12)9(7)14/h3-5,14H,1-2H3,(H,13,15). The first kappa shape index (κ1) is 13.0. The molecule has 0 saturated carbocycles. The Labute approximate surface area is 116 Å². The molecule has 0 unspecified atom stereocenters. The largest absolute Gasteiger partial charge is 0.505 e. The molecule has 82 valence electrons. The van der Waals surface area contributed by atoms with Crippen LogP contribution in [0.1, 0.15) is 13.8 Å². The fourth-order valence-corrected chi connectivity index (χ4v) is 1.82. The van der Waals surface area contributed by atoms with Crippen molar-refractivity contribution in [3.8, 4) is 5.75 Å². The van der Waals surface area contributed by atoms with Crippen LogP contribution in [0, 0.1) is 13.1 Å². The molecule has 1 amide bonds. The van der Waals surface area contributed by atoms with Crippen molar-refractivity contribution in [2.75, 3.05) is 5.32 Å². The Kier molecular flexibility index (Phi) is 4.63. The van der Waals surface area contributed by atoms with Gasteiger partial charge in [0.15, 0.2) is 5.75 Å². The van der Waals surface area contributed by atoms with Crippen LogP contribution in [0.4, 0.5) is 5.69 Å². The molecular formula is C10H11I2NO2. The maximum absolute atomic E-state index is 11.4. The number of halogens is 2.